The van der Waals surface area contributed by atoms with Gasteiger partial charge in [-0.3, -0.25) is 9.59 Å². The van der Waals surface area contributed by atoms with Gasteiger partial charge in [0.2, 0.25) is 5.91 Å². The Morgan fingerprint density at radius 2 is 2.00 bits per heavy atom. The Balaban J connectivity index is 0.00000336. The molecule has 0 aliphatic carbocycles. The zero-order valence-corrected chi connectivity index (χ0v) is 24.4. The molecule has 38 heavy (non-hydrogen) atoms. The van der Waals surface area contributed by atoms with Gasteiger partial charge in [0, 0.05) is 80.0 Å². The van der Waals surface area contributed by atoms with Gasteiger partial charge in [0.15, 0.2) is 5.01 Å². The third-order valence-electron chi connectivity index (χ3n) is 6.86. The fourth-order valence-corrected chi connectivity index (χ4v) is 7.41. The van der Waals surface area contributed by atoms with Crippen molar-refractivity contribution in [2.45, 2.75) is 43.4 Å². The second-order valence-corrected chi connectivity index (χ2v) is 13.2. The zero-order valence-electron chi connectivity index (χ0n) is 21.2. The average molecular weight is 602 g/mol. The number of fused-ring (bicyclic) bond motifs is 2. The van der Waals surface area contributed by atoms with Gasteiger partial charge in [-0.05, 0) is 31.2 Å². The summed E-state index contributed by atoms with van der Waals surface area (Å²) in [7, 11) is -0.611. The number of hydrogen-bond donors (Lipinski definition) is 2. The fourth-order valence-electron chi connectivity index (χ4n) is 4.75. The number of sulfonamides is 1. The van der Waals surface area contributed by atoms with Gasteiger partial charge in [-0.2, -0.15) is 4.31 Å². The van der Waals surface area contributed by atoms with Crippen molar-refractivity contribution in [2.75, 3.05) is 33.7 Å². The number of rotatable bonds is 5. The van der Waals surface area contributed by atoms with Crippen LogP contribution in [0.3, 0.4) is 0 Å². The molecule has 0 radical (unpaired) electrons. The Labute approximate surface area is 236 Å². The molecule has 1 aromatic carbocycles. The molecule has 2 amide bonds. The van der Waals surface area contributed by atoms with Crippen molar-refractivity contribution in [1.29, 1.82) is 0 Å². The van der Waals surface area contributed by atoms with Gasteiger partial charge >= 0.3 is 0 Å². The number of aromatic amines is 1. The fraction of sp³-hybridized carbons (Fsp3) is 0.458. The summed E-state index contributed by atoms with van der Waals surface area (Å²) >= 11 is 7.43. The summed E-state index contributed by atoms with van der Waals surface area (Å²) in [6, 6.07) is 6.35. The number of thiazole rings is 1. The predicted octanol–water partition coefficient (Wildman–Crippen LogP) is 2.73. The lowest BCUT2D eigenvalue weighted by atomic mass is 10.1. The Hall–Kier alpha value is -2.22. The molecule has 14 heteroatoms. The number of aromatic nitrogens is 2. The Morgan fingerprint density at radius 3 is 2.74 bits per heavy atom. The minimum atomic E-state index is -3.90. The first-order chi connectivity index (χ1) is 17.5. The average Bonchev–Trinajstić information content (AvgIpc) is 3.47. The molecule has 2 atom stereocenters. The molecule has 206 valence electrons. The SMILES string of the molecule is CC1Cc2nc(C(=O)N3CCN(S(=O)(=O)c4cc5cc(Cl)ccc5[nH]4)CC3CC(=O)N(C)C)sc2CN1.Cl. The molecule has 0 bridgehead atoms. The number of carbonyl (C=O) groups excluding carboxylic acids is 2. The predicted molar refractivity (Wildman–Crippen MR) is 150 cm³/mol. The highest BCUT2D eigenvalue weighted by molar-refractivity contribution is 7.89. The minimum Gasteiger partial charge on any atom is -0.349 e. The van der Waals surface area contributed by atoms with Crippen molar-refractivity contribution in [3.63, 3.8) is 0 Å². The molecule has 2 aliphatic rings. The van der Waals surface area contributed by atoms with E-state index >= 15 is 0 Å². The zero-order chi connectivity index (χ0) is 26.5. The summed E-state index contributed by atoms with van der Waals surface area (Å²) in [6.45, 7) is 3.03. The maximum Gasteiger partial charge on any atom is 0.283 e. The van der Waals surface area contributed by atoms with Crippen LogP contribution in [0.1, 0.15) is 33.7 Å². The van der Waals surface area contributed by atoms with E-state index < -0.39 is 16.1 Å². The van der Waals surface area contributed by atoms with E-state index in [1.54, 1.807) is 43.3 Å². The molecule has 4 heterocycles. The first-order valence-corrected chi connectivity index (χ1v) is 14.7. The van der Waals surface area contributed by atoms with E-state index in [1.165, 1.54) is 20.5 Å². The first-order valence-electron chi connectivity index (χ1n) is 12.0. The van der Waals surface area contributed by atoms with Crippen molar-refractivity contribution in [3.05, 3.63) is 44.9 Å². The molecule has 0 saturated carbocycles. The molecule has 3 aromatic rings. The Morgan fingerprint density at radius 1 is 1.24 bits per heavy atom. The molecule has 2 unspecified atom stereocenters. The molecule has 10 nitrogen and oxygen atoms in total. The van der Waals surface area contributed by atoms with Crippen LogP contribution in [0.4, 0.5) is 0 Å². The van der Waals surface area contributed by atoms with E-state index in [1.807, 2.05) is 0 Å². The highest BCUT2D eigenvalue weighted by Crippen LogP contribution is 2.29. The largest absolute Gasteiger partial charge is 0.349 e. The lowest BCUT2D eigenvalue weighted by Gasteiger charge is -2.40. The number of nitrogens with one attached hydrogen (secondary N) is 2. The van der Waals surface area contributed by atoms with Crippen LogP contribution >= 0.6 is 35.3 Å². The quantitative estimate of drug-likeness (QED) is 0.465. The van der Waals surface area contributed by atoms with Crippen molar-refractivity contribution in [3.8, 4) is 0 Å². The van der Waals surface area contributed by atoms with Crippen LogP contribution in [0.15, 0.2) is 29.3 Å². The number of amides is 2. The summed E-state index contributed by atoms with van der Waals surface area (Å²) in [5, 5.41) is 5.02. The van der Waals surface area contributed by atoms with Gasteiger partial charge in [-0.15, -0.1) is 23.7 Å². The molecule has 1 fully saturated rings. The van der Waals surface area contributed by atoms with Crippen molar-refractivity contribution in [2.24, 2.45) is 0 Å². The maximum absolute atomic E-state index is 13.6. The third-order valence-corrected chi connectivity index (χ3v) is 9.97. The number of nitrogens with zero attached hydrogens (tertiary/aromatic N) is 4. The number of H-pyrrole nitrogens is 1. The number of hydrogen-bond acceptors (Lipinski definition) is 7. The van der Waals surface area contributed by atoms with E-state index in [4.69, 9.17) is 11.6 Å². The van der Waals surface area contributed by atoms with E-state index in [-0.39, 0.29) is 61.3 Å². The lowest BCUT2D eigenvalue weighted by Crippen LogP contribution is -2.57. The van der Waals surface area contributed by atoms with Crippen LogP contribution in [-0.2, 0) is 27.8 Å². The standard InChI is InChI=1S/C24H29ClN6O4S2.ClH/c1-14-8-19-20(12-26-14)36-23(28-19)24(33)31-7-6-30(13-17(31)11-22(32)29(2)3)37(34,35)21-10-15-9-16(25)4-5-18(15)27-21;/h4-5,9-10,14,17,26-27H,6-8,11-13H2,1-3H3;1H. The Bertz CT molecular complexity index is 1470. The second-order valence-electron chi connectivity index (χ2n) is 9.75. The lowest BCUT2D eigenvalue weighted by molar-refractivity contribution is -0.130. The number of halogens is 2. The highest BCUT2D eigenvalue weighted by Gasteiger charge is 2.39. The molecule has 1 saturated heterocycles. The van der Waals surface area contributed by atoms with Crippen molar-refractivity contribution >= 4 is 68.1 Å². The van der Waals surface area contributed by atoms with Crippen molar-refractivity contribution in [1.82, 2.24) is 29.4 Å². The number of benzene rings is 1. The Kier molecular flexibility index (Phi) is 8.41. The molecule has 0 spiro atoms. The van der Waals surface area contributed by atoms with E-state index in [0.717, 1.165) is 17.0 Å². The van der Waals surface area contributed by atoms with Gasteiger partial charge in [0.05, 0.1) is 11.7 Å². The summed E-state index contributed by atoms with van der Waals surface area (Å²) in [6.07, 6.45) is 0.764. The second kappa shape index (κ2) is 11.1. The minimum absolute atomic E-state index is 0. The summed E-state index contributed by atoms with van der Waals surface area (Å²) in [5.41, 5.74) is 1.59. The molecule has 5 rings (SSSR count). The van der Waals surface area contributed by atoms with Gasteiger partial charge < -0.3 is 20.1 Å². The summed E-state index contributed by atoms with van der Waals surface area (Å²) in [5.74, 6) is -0.445. The van der Waals surface area contributed by atoms with Crippen LogP contribution in [0.5, 0.6) is 0 Å². The monoisotopic (exact) mass is 600 g/mol. The van der Waals surface area contributed by atoms with Crippen LogP contribution in [0.25, 0.3) is 10.9 Å². The van der Waals surface area contributed by atoms with Crippen LogP contribution < -0.4 is 5.32 Å². The highest BCUT2D eigenvalue weighted by atomic mass is 35.5. The van der Waals surface area contributed by atoms with E-state index in [2.05, 4.69) is 22.2 Å². The smallest absolute Gasteiger partial charge is 0.283 e. The number of carbonyl (C=O) groups is 2. The topological polar surface area (TPSA) is 119 Å². The van der Waals surface area contributed by atoms with Gasteiger partial charge in [-0.1, -0.05) is 11.6 Å². The molecular weight excluding hydrogens is 571 g/mol. The van der Waals surface area contributed by atoms with Crippen LogP contribution in [0.2, 0.25) is 5.02 Å². The molecule has 2 N–H and O–H groups in total. The molecule has 2 aromatic heterocycles. The number of piperazine rings is 1. The first kappa shape index (κ1) is 28.8. The maximum atomic E-state index is 13.6. The third kappa shape index (κ3) is 5.56. The van der Waals surface area contributed by atoms with Gasteiger partial charge in [-0.25, -0.2) is 13.4 Å². The molecular formula is C24H30Cl2N6O4S2. The van der Waals surface area contributed by atoms with E-state index in [0.29, 0.717) is 27.5 Å². The van der Waals surface area contributed by atoms with Crippen molar-refractivity contribution < 1.29 is 18.0 Å². The van der Waals surface area contributed by atoms with Crippen LogP contribution in [-0.4, -0.2) is 90.1 Å². The van der Waals surface area contributed by atoms with Gasteiger partial charge in [0.25, 0.3) is 15.9 Å². The summed E-state index contributed by atoms with van der Waals surface area (Å²) in [4.78, 5) is 37.9. The van der Waals surface area contributed by atoms with E-state index in [9.17, 15) is 18.0 Å². The molecule has 2 aliphatic heterocycles. The van der Waals surface area contributed by atoms with Gasteiger partial charge in [0.1, 0.15) is 5.03 Å². The normalized spacial score (nSPS) is 20.2. The summed E-state index contributed by atoms with van der Waals surface area (Å²) < 4.78 is 28.5. The van der Waals surface area contributed by atoms with Crippen LogP contribution in [0, 0.1) is 0 Å².